The summed E-state index contributed by atoms with van der Waals surface area (Å²) in [4.78, 5) is 26.5. The molecule has 1 N–H and O–H groups in total. The van der Waals surface area contributed by atoms with Gasteiger partial charge in [0.25, 0.3) is 5.91 Å². The Bertz CT molecular complexity index is 829. The molecule has 1 aromatic carbocycles. The molecule has 7 heteroatoms. The standard InChI is InChI=1S/C19H19Cl2NO3S/c1-10-3-4-16-12(5-10)6-17(26-16)19(24)25-11(2)18(23)22-15-8-13(20)7-14(21)9-15/h6-11H,3-5H2,1-2H3,(H,22,23)/t10-,11-/m0/s1. The van der Waals surface area contributed by atoms with Gasteiger partial charge in [-0.1, -0.05) is 30.1 Å². The molecule has 0 unspecified atom stereocenters. The first-order valence-corrected chi connectivity index (χ1v) is 9.98. The summed E-state index contributed by atoms with van der Waals surface area (Å²) < 4.78 is 5.33. The summed E-state index contributed by atoms with van der Waals surface area (Å²) in [5.74, 6) is -0.273. The van der Waals surface area contributed by atoms with Gasteiger partial charge >= 0.3 is 5.97 Å². The number of nitrogens with one attached hydrogen (secondary N) is 1. The van der Waals surface area contributed by atoms with Crippen molar-refractivity contribution in [2.24, 2.45) is 5.92 Å². The normalized spacial score (nSPS) is 17.3. The Morgan fingerprint density at radius 2 is 1.92 bits per heavy atom. The fourth-order valence-electron chi connectivity index (χ4n) is 2.95. The number of carbonyl (C=O) groups excluding carboxylic acids is 2. The van der Waals surface area contributed by atoms with E-state index in [4.69, 9.17) is 27.9 Å². The summed E-state index contributed by atoms with van der Waals surface area (Å²) >= 11 is 13.3. The van der Waals surface area contributed by atoms with E-state index in [2.05, 4.69) is 12.2 Å². The summed E-state index contributed by atoms with van der Waals surface area (Å²) in [7, 11) is 0. The molecule has 0 bridgehead atoms. The number of anilines is 1. The third-order valence-corrected chi connectivity index (χ3v) is 5.97. The zero-order valence-electron chi connectivity index (χ0n) is 14.5. The fraction of sp³-hybridized carbons (Fsp3) is 0.368. The fourth-order valence-corrected chi connectivity index (χ4v) is 4.57. The van der Waals surface area contributed by atoms with Gasteiger partial charge in [0.15, 0.2) is 6.10 Å². The highest BCUT2D eigenvalue weighted by molar-refractivity contribution is 7.14. The molecule has 0 fully saturated rings. The zero-order valence-corrected chi connectivity index (χ0v) is 16.8. The number of halogens is 2. The Balaban J connectivity index is 1.62. The van der Waals surface area contributed by atoms with Crippen molar-refractivity contribution >= 4 is 52.1 Å². The first-order chi connectivity index (χ1) is 12.3. The SMILES string of the molecule is C[C@H]1CCc2sc(C(=O)O[C@@H](C)C(=O)Nc3cc(Cl)cc(Cl)c3)cc2C1. The van der Waals surface area contributed by atoms with Gasteiger partial charge < -0.3 is 10.1 Å². The zero-order chi connectivity index (χ0) is 18.8. The van der Waals surface area contributed by atoms with Crippen LogP contribution in [-0.2, 0) is 22.4 Å². The lowest BCUT2D eigenvalue weighted by Crippen LogP contribution is -2.29. The average Bonchev–Trinajstić information content (AvgIpc) is 2.96. The van der Waals surface area contributed by atoms with Gasteiger partial charge in [0, 0.05) is 20.6 Å². The summed E-state index contributed by atoms with van der Waals surface area (Å²) in [6.45, 7) is 3.75. The van der Waals surface area contributed by atoms with E-state index < -0.39 is 18.0 Å². The molecule has 0 saturated heterocycles. The molecule has 0 radical (unpaired) electrons. The van der Waals surface area contributed by atoms with Crippen molar-refractivity contribution in [2.45, 2.75) is 39.2 Å². The number of hydrogen-bond donors (Lipinski definition) is 1. The molecule has 1 aromatic heterocycles. The second-order valence-corrected chi connectivity index (χ2v) is 8.61. The van der Waals surface area contributed by atoms with E-state index in [0.29, 0.717) is 26.5 Å². The van der Waals surface area contributed by atoms with E-state index >= 15 is 0 Å². The van der Waals surface area contributed by atoms with Crippen molar-refractivity contribution in [3.05, 3.63) is 49.6 Å². The van der Waals surface area contributed by atoms with Crippen LogP contribution in [0.1, 0.15) is 40.4 Å². The molecule has 1 amide bonds. The maximum absolute atomic E-state index is 12.4. The van der Waals surface area contributed by atoms with Gasteiger partial charge in [-0.3, -0.25) is 4.79 Å². The van der Waals surface area contributed by atoms with Crippen LogP contribution in [-0.4, -0.2) is 18.0 Å². The molecule has 138 valence electrons. The molecule has 0 spiro atoms. The Morgan fingerprint density at radius 1 is 1.23 bits per heavy atom. The molecular weight excluding hydrogens is 393 g/mol. The Morgan fingerprint density at radius 3 is 2.62 bits per heavy atom. The number of aryl methyl sites for hydroxylation is 1. The van der Waals surface area contributed by atoms with Gasteiger partial charge in [-0.2, -0.15) is 0 Å². The van der Waals surface area contributed by atoms with E-state index in [1.54, 1.807) is 18.2 Å². The highest BCUT2D eigenvalue weighted by Gasteiger charge is 2.24. The number of amides is 1. The molecule has 0 saturated carbocycles. The number of thiophene rings is 1. The summed E-state index contributed by atoms with van der Waals surface area (Å²) in [5, 5.41) is 3.48. The number of esters is 1. The van der Waals surface area contributed by atoms with Gasteiger partial charge in [-0.25, -0.2) is 4.79 Å². The number of rotatable bonds is 4. The minimum atomic E-state index is -0.932. The van der Waals surface area contributed by atoms with E-state index in [0.717, 1.165) is 19.3 Å². The molecule has 1 heterocycles. The van der Waals surface area contributed by atoms with Crippen LogP contribution in [0.15, 0.2) is 24.3 Å². The van der Waals surface area contributed by atoms with Crippen LogP contribution in [0.2, 0.25) is 10.0 Å². The summed E-state index contributed by atoms with van der Waals surface area (Å²) in [5.41, 5.74) is 1.68. The lowest BCUT2D eigenvalue weighted by molar-refractivity contribution is -0.123. The second kappa shape index (κ2) is 7.99. The number of ether oxygens (including phenoxy) is 1. The minimum absolute atomic E-state index is 0.413. The van der Waals surface area contributed by atoms with Crippen molar-refractivity contribution in [3.8, 4) is 0 Å². The van der Waals surface area contributed by atoms with E-state index in [-0.39, 0.29) is 0 Å². The predicted octanol–water partition coefficient (Wildman–Crippen LogP) is 5.36. The number of fused-ring (bicyclic) bond motifs is 1. The quantitative estimate of drug-likeness (QED) is 0.688. The minimum Gasteiger partial charge on any atom is -0.448 e. The van der Waals surface area contributed by atoms with Crippen LogP contribution in [0.5, 0.6) is 0 Å². The van der Waals surface area contributed by atoms with E-state index in [1.165, 1.54) is 28.7 Å². The van der Waals surface area contributed by atoms with Crippen LogP contribution in [0, 0.1) is 5.92 Å². The van der Waals surface area contributed by atoms with Gasteiger partial charge in [-0.15, -0.1) is 11.3 Å². The van der Waals surface area contributed by atoms with Crippen LogP contribution >= 0.6 is 34.5 Å². The highest BCUT2D eigenvalue weighted by atomic mass is 35.5. The van der Waals surface area contributed by atoms with Crippen LogP contribution in [0.25, 0.3) is 0 Å². The van der Waals surface area contributed by atoms with Crippen molar-refractivity contribution < 1.29 is 14.3 Å². The van der Waals surface area contributed by atoms with Crippen molar-refractivity contribution in [1.82, 2.24) is 0 Å². The molecule has 3 rings (SSSR count). The molecule has 1 aliphatic rings. The topological polar surface area (TPSA) is 55.4 Å². The van der Waals surface area contributed by atoms with Crippen molar-refractivity contribution in [3.63, 3.8) is 0 Å². The third-order valence-electron chi connectivity index (χ3n) is 4.31. The molecule has 0 aliphatic heterocycles. The monoisotopic (exact) mass is 411 g/mol. The first-order valence-electron chi connectivity index (χ1n) is 8.41. The summed E-state index contributed by atoms with van der Waals surface area (Å²) in [6, 6.07) is 6.63. The van der Waals surface area contributed by atoms with Gasteiger partial charge in [-0.05, 0) is 61.9 Å². The lowest BCUT2D eigenvalue weighted by atomic mass is 9.90. The Labute approximate surface area is 166 Å². The van der Waals surface area contributed by atoms with Crippen molar-refractivity contribution in [1.29, 1.82) is 0 Å². The largest absolute Gasteiger partial charge is 0.448 e. The molecule has 4 nitrogen and oxygen atoms in total. The first kappa shape index (κ1) is 19.2. The summed E-state index contributed by atoms with van der Waals surface area (Å²) in [6.07, 6.45) is 2.20. The molecule has 26 heavy (non-hydrogen) atoms. The van der Waals surface area contributed by atoms with E-state index in [9.17, 15) is 9.59 Å². The maximum atomic E-state index is 12.4. The van der Waals surface area contributed by atoms with E-state index in [1.807, 2.05) is 6.07 Å². The number of carbonyl (C=O) groups is 2. The number of benzene rings is 1. The molecular formula is C19H19Cl2NO3S. The second-order valence-electron chi connectivity index (χ2n) is 6.60. The Hall–Kier alpha value is -1.56. The van der Waals surface area contributed by atoms with Crippen LogP contribution in [0.4, 0.5) is 5.69 Å². The van der Waals surface area contributed by atoms with Crippen LogP contribution < -0.4 is 5.32 Å². The average molecular weight is 412 g/mol. The van der Waals surface area contributed by atoms with Gasteiger partial charge in [0.05, 0.1) is 0 Å². The number of hydrogen-bond acceptors (Lipinski definition) is 4. The maximum Gasteiger partial charge on any atom is 0.349 e. The lowest BCUT2D eigenvalue weighted by Gasteiger charge is -2.16. The third kappa shape index (κ3) is 4.58. The molecule has 1 aliphatic carbocycles. The van der Waals surface area contributed by atoms with Crippen LogP contribution in [0.3, 0.4) is 0 Å². The van der Waals surface area contributed by atoms with Gasteiger partial charge in [0.1, 0.15) is 4.88 Å². The molecule has 2 atom stereocenters. The molecule has 2 aromatic rings. The Kier molecular flexibility index (Phi) is 5.90. The highest BCUT2D eigenvalue weighted by Crippen LogP contribution is 2.32. The van der Waals surface area contributed by atoms with Gasteiger partial charge in [0.2, 0.25) is 0 Å². The smallest absolute Gasteiger partial charge is 0.349 e. The van der Waals surface area contributed by atoms with Crippen molar-refractivity contribution in [2.75, 3.05) is 5.32 Å². The predicted molar refractivity (Wildman–Crippen MR) is 105 cm³/mol.